The molecule has 0 aromatic rings. The van der Waals surface area contributed by atoms with E-state index < -0.39 is 30.0 Å². The Morgan fingerprint density at radius 2 is 0.656 bits per heavy atom. The average Bonchev–Trinajstić information content (AvgIpc) is 3.53. The van der Waals surface area contributed by atoms with Gasteiger partial charge in [-0.15, -0.1) is 0 Å². The fourth-order valence-electron chi connectivity index (χ4n) is 3.75. The fourth-order valence-corrected chi connectivity index (χ4v) is 23.9. The Morgan fingerprint density at radius 1 is 0.406 bits per heavy atom. The molecule has 16 heteroatoms. The second kappa shape index (κ2) is 9.24. The monoisotopic (exact) mass is 528 g/mol. The van der Waals surface area contributed by atoms with Gasteiger partial charge in [0.2, 0.25) is 30.0 Å². The van der Waals surface area contributed by atoms with Crippen molar-refractivity contribution in [1.82, 2.24) is 37.4 Å². The lowest BCUT2D eigenvalue weighted by Crippen LogP contribution is -2.26. The first-order valence-electron chi connectivity index (χ1n) is 10.8. The van der Waals surface area contributed by atoms with E-state index in [0.717, 1.165) is 26.2 Å². The Balaban J connectivity index is 2.63. The van der Waals surface area contributed by atoms with Crippen LogP contribution in [0, 0.1) is 0 Å². The molecule has 2 atom stereocenters. The lowest BCUT2D eigenvalue weighted by Gasteiger charge is -2.45. The van der Waals surface area contributed by atoms with Crippen LogP contribution in [-0.4, -0.2) is 148 Å². The number of rotatable bonds is 8. The van der Waals surface area contributed by atoms with E-state index in [4.69, 9.17) is 18.1 Å². The topological polar surface area (TPSA) is 74.9 Å². The van der Waals surface area contributed by atoms with Crippen molar-refractivity contribution >= 4 is 30.0 Å². The molecular weight excluding hydrogens is 484 g/mol. The van der Waals surface area contributed by atoms with Crippen molar-refractivity contribution in [3.8, 4) is 0 Å². The number of hydrogen-bond acceptors (Lipinski definition) is 12. The Bertz CT molecular complexity index is 744. The van der Waals surface area contributed by atoms with E-state index >= 15 is 0 Å². The van der Waals surface area contributed by atoms with Crippen LogP contribution in [0.25, 0.3) is 0 Å². The highest BCUT2D eigenvalue weighted by Crippen LogP contribution is 2.83. The first kappa shape index (κ1) is 27.2. The van der Waals surface area contributed by atoms with Crippen molar-refractivity contribution in [2.24, 2.45) is 18.1 Å². The van der Waals surface area contributed by atoms with Crippen LogP contribution in [0.2, 0.25) is 0 Å². The number of hydrogen-bond donors (Lipinski definition) is 0. The first-order chi connectivity index (χ1) is 14.7. The summed E-state index contributed by atoms with van der Waals surface area (Å²) < 4.78 is 41.5. The van der Waals surface area contributed by atoms with Gasteiger partial charge in [-0.3, -0.25) is 0 Å². The normalized spacial score (nSPS) is 32.6. The quantitative estimate of drug-likeness (QED) is 0.348. The van der Waals surface area contributed by atoms with Gasteiger partial charge in [-0.05, 0) is 84.6 Å². The maximum Gasteiger partial charge on any atom is 0.220 e. The third-order valence-electron chi connectivity index (χ3n) is 5.79. The molecule has 3 rings (SSSR count). The summed E-state index contributed by atoms with van der Waals surface area (Å²) >= 11 is 0. The molecular formula is C16H44N12P4. The third kappa shape index (κ3) is 4.34. The van der Waals surface area contributed by atoms with Gasteiger partial charge < -0.3 is 0 Å². The molecule has 0 amide bonds. The largest absolute Gasteiger partial charge is 0.246 e. The van der Waals surface area contributed by atoms with E-state index in [1.54, 1.807) is 0 Å². The Morgan fingerprint density at radius 3 is 0.812 bits per heavy atom. The van der Waals surface area contributed by atoms with E-state index in [2.05, 4.69) is 122 Å². The van der Waals surface area contributed by atoms with Gasteiger partial charge in [0.1, 0.15) is 0 Å². The molecule has 2 fully saturated rings. The third-order valence-corrected chi connectivity index (χ3v) is 22.2. The van der Waals surface area contributed by atoms with Crippen molar-refractivity contribution in [3.63, 3.8) is 0 Å². The van der Waals surface area contributed by atoms with Gasteiger partial charge in [-0.1, -0.05) is 0 Å². The number of nitrogens with zero attached hydrogens (tertiary/aromatic N) is 12. The van der Waals surface area contributed by atoms with E-state index in [1.807, 2.05) is 0 Å². The summed E-state index contributed by atoms with van der Waals surface area (Å²) in [5, 5.41) is 0. The van der Waals surface area contributed by atoms with E-state index in [-0.39, 0.29) is 0 Å². The van der Waals surface area contributed by atoms with E-state index in [9.17, 15) is 0 Å². The standard InChI is InChI=1S/C16H44N12P4/c1-21(2)29(22(3)4)17-31(25(9)10,27-13-14-27)19-30(23(5)6,24(7)8)20-32(18-29,26(11)12)28-15-16-28/h13-16H2,1-12H3/t31-,32-. The van der Waals surface area contributed by atoms with Crippen molar-refractivity contribution < 1.29 is 0 Å². The summed E-state index contributed by atoms with van der Waals surface area (Å²) in [4.78, 5) is 0. The summed E-state index contributed by atoms with van der Waals surface area (Å²) in [6.07, 6.45) is 0. The van der Waals surface area contributed by atoms with Gasteiger partial charge in [-0.25, -0.2) is 37.4 Å². The van der Waals surface area contributed by atoms with Crippen LogP contribution >= 0.6 is 30.0 Å². The molecule has 0 bridgehead atoms. The van der Waals surface area contributed by atoms with Gasteiger partial charge in [0.05, 0.1) is 0 Å². The van der Waals surface area contributed by atoms with Crippen LogP contribution in [0.5, 0.6) is 0 Å². The minimum atomic E-state index is -2.46. The van der Waals surface area contributed by atoms with Crippen LogP contribution in [0.4, 0.5) is 0 Å². The molecule has 12 nitrogen and oxygen atoms in total. The molecule has 0 N–H and O–H groups in total. The first-order valence-corrected chi connectivity index (χ1v) is 17.2. The van der Waals surface area contributed by atoms with Crippen molar-refractivity contribution in [1.29, 1.82) is 0 Å². The SMILES string of the molecule is CN(C)P1(N(C)C)=N[P@](N(C)C)(N2CC2)=NP(N(C)C)(N(C)C)=N[P@@](N(C)C)(N2CC2)=N1. The predicted molar refractivity (Wildman–Crippen MR) is 143 cm³/mol. The van der Waals surface area contributed by atoms with Crippen molar-refractivity contribution in [2.75, 3.05) is 111 Å². The van der Waals surface area contributed by atoms with Crippen LogP contribution in [-0.2, 0) is 0 Å². The molecule has 32 heavy (non-hydrogen) atoms. The van der Waals surface area contributed by atoms with Crippen LogP contribution < -0.4 is 0 Å². The Kier molecular flexibility index (Phi) is 7.85. The Hall–Kier alpha value is 0.600. The Labute approximate surface area is 196 Å². The summed E-state index contributed by atoms with van der Waals surface area (Å²) in [6.45, 7) is 4.06. The van der Waals surface area contributed by atoms with E-state index in [0.29, 0.717) is 0 Å². The maximum absolute atomic E-state index is 5.79. The van der Waals surface area contributed by atoms with Gasteiger partial charge in [0.15, 0.2) is 0 Å². The fraction of sp³-hybridized carbons (Fsp3) is 1.00. The molecule has 3 aliphatic rings. The predicted octanol–water partition coefficient (Wildman–Crippen LogP) is 3.79. The lowest BCUT2D eigenvalue weighted by atomic mass is 11.0. The highest BCUT2D eigenvalue weighted by atomic mass is 31.3. The molecule has 3 aliphatic heterocycles. The van der Waals surface area contributed by atoms with Gasteiger partial charge >= 0.3 is 0 Å². The summed E-state index contributed by atoms with van der Waals surface area (Å²) in [5.41, 5.74) is 0. The van der Waals surface area contributed by atoms with Crippen molar-refractivity contribution in [3.05, 3.63) is 0 Å². The lowest BCUT2D eigenvalue weighted by molar-refractivity contribution is 0.548. The highest BCUT2D eigenvalue weighted by Gasteiger charge is 2.50. The molecule has 0 saturated carbocycles. The maximum atomic E-state index is 5.79. The molecule has 0 unspecified atom stereocenters. The highest BCUT2D eigenvalue weighted by molar-refractivity contribution is 7.83. The summed E-state index contributed by atoms with van der Waals surface area (Å²) in [5.74, 6) is 0. The van der Waals surface area contributed by atoms with Gasteiger partial charge in [0.25, 0.3) is 0 Å². The molecule has 2 saturated heterocycles. The second-order valence-corrected chi connectivity index (χ2v) is 22.6. The molecule has 0 radical (unpaired) electrons. The molecule has 3 heterocycles. The smallest absolute Gasteiger partial charge is 0.220 e. The molecule has 0 spiro atoms. The minimum absolute atomic E-state index is 1.01. The molecule has 0 aromatic heterocycles. The summed E-state index contributed by atoms with van der Waals surface area (Å²) in [6, 6.07) is 0. The zero-order chi connectivity index (χ0) is 24.3. The zero-order valence-electron chi connectivity index (χ0n) is 22.0. The average molecular weight is 529 g/mol. The van der Waals surface area contributed by atoms with E-state index in [1.165, 1.54) is 0 Å². The van der Waals surface area contributed by atoms with Crippen LogP contribution in [0.3, 0.4) is 0 Å². The minimum Gasteiger partial charge on any atom is -0.246 e. The second-order valence-electron chi connectivity index (χ2n) is 9.50. The van der Waals surface area contributed by atoms with Crippen molar-refractivity contribution in [2.45, 2.75) is 0 Å². The van der Waals surface area contributed by atoms with Gasteiger partial charge in [-0.2, -0.15) is 18.1 Å². The molecule has 0 aliphatic carbocycles. The molecule has 0 aromatic carbocycles. The molecule has 188 valence electrons. The zero-order valence-corrected chi connectivity index (χ0v) is 25.6. The van der Waals surface area contributed by atoms with Crippen LogP contribution in [0.15, 0.2) is 18.1 Å². The van der Waals surface area contributed by atoms with Crippen LogP contribution in [0.1, 0.15) is 0 Å². The van der Waals surface area contributed by atoms with Gasteiger partial charge in [0, 0.05) is 26.2 Å². The summed E-state index contributed by atoms with van der Waals surface area (Å²) in [7, 11) is 15.7.